The second-order valence-corrected chi connectivity index (χ2v) is 6.38. The van der Waals surface area contributed by atoms with Gasteiger partial charge in [0.15, 0.2) is 0 Å². The minimum absolute atomic E-state index is 0.321. The lowest BCUT2D eigenvalue weighted by Gasteiger charge is -2.19. The number of hydrogen-bond acceptors (Lipinski definition) is 5. The predicted octanol–water partition coefficient (Wildman–Crippen LogP) is 4.35. The van der Waals surface area contributed by atoms with Gasteiger partial charge in [0.1, 0.15) is 11.4 Å². The number of hydrogen-bond donors (Lipinski definition) is 1. The van der Waals surface area contributed by atoms with Crippen LogP contribution in [-0.4, -0.2) is 27.8 Å². The van der Waals surface area contributed by atoms with Gasteiger partial charge in [-0.15, -0.1) is 10.2 Å². The molecule has 1 aromatic heterocycles. The first-order valence-electron chi connectivity index (χ1n) is 7.99. The van der Waals surface area contributed by atoms with Crippen molar-refractivity contribution in [2.75, 3.05) is 6.54 Å². The van der Waals surface area contributed by atoms with Gasteiger partial charge in [-0.05, 0) is 51.5 Å². The summed E-state index contributed by atoms with van der Waals surface area (Å²) >= 11 is 0. The summed E-state index contributed by atoms with van der Waals surface area (Å²) in [6, 6.07) is 5.72. The molecule has 0 saturated heterocycles. The van der Waals surface area contributed by atoms with Gasteiger partial charge in [0.2, 0.25) is 5.95 Å². The molecule has 0 aliphatic heterocycles. The number of carbonyl (C=O) groups excluding carboxylic acids is 1. The number of rotatable bonds is 6. The van der Waals surface area contributed by atoms with E-state index in [0.717, 1.165) is 0 Å². The fourth-order valence-electron chi connectivity index (χ4n) is 1.94. The van der Waals surface area contributed by atoms with Crippen molar-refractivity contribution in [3.63, 3.8) is 0 Å². The molecule has 0 bridgehead atoms. The molecule has 0 unspecified atom stereocenters. The number of nitrogens with one attached hydrogen (secondary N) is 1. The average Bonchev–Trinajstić information content (AvgIpc) is 2.97. The van der Waals surface area contributed by atoms with Gasteiger partial charge in [-0.25, -0.2) is 14.2 Å². The molecule has 0 atom stereocenters. The lowest BCUT2D eigenvalue weighted by molar-refractivity contribution is 0.0526. The second kappa shape index (κ2) is 8.36. The minimum Gasteiger partial charge on any atom is -0.444 e. The molecule has 1 N–H and O–H groups in total. The summed E-state index contributed by atoms with van der Waals surface area (Å²) < 4.78 is 19.8. The Morgan fingerprint density at radius 3 is 2.68 bits per heavy atom. The molecule has 0 fully saturated rings. The molecule has 8 heteroatoms. The molecule has 134 valence electrons. The smallest absolute Gasteiger partial charge is 0.407 e. The monoisotopic (exact) mass is 347 g/mol. The number of carbonyl (C=O) groups is 1. The van der Waals surface area contributed by atoms with E-state index in [0.29, 0.717) is 31.1 Å². The Morgan fingerprint density at radius 1 is 1.28 bits per heavy atom. The Hall–Kier alpha value is -2.77. The quantitative estimate of drug-likeness (QED) is 0.623. The van der Waals surface area contributed by atoms with Crippen LogP contribution in [-0.2, 0) is 11.3 Å². The molecule has 25 heavy (non-hydrogen) atoms. The maximum atomic E-state index is 12.9. The molecule has 1 heterocycles. The highest BCUT2D eigenvalue weighted by atomic mass is 19.1. The van der Waals surface area contributed by atoms with E-state index >= 15 is 0 Å². The maximum absolute atomic E-state index is 12.9. The summed E-state index contributed by atoms with van der Waals surface area (Å²) in [6.45, 7) is 6.54. The first-order valence-corrected chi connectivity index (χ1v) is 7.99. The largest absolute Gasteiger partial charge is 0.444 e. The van der Waals surface area contributed by atoms with E-state index < -0.39 is 11.7 Å². The Kier molecular flexibility index (Phi) is 6.21. The Balaban J connectivity index is 1.81. The second-order valence-electron chi connectivity index (χ2n) is 6.38. The molecule has 1 aromatic carbocycles. The van der Waals surface area contributed by atoms with Gasteiger partial charge in [-0.3, -0.25) is 0 Å². The summed E-state index contributed by atoms with van der Waals surface area (Å²) in [6.07, 6.45) is 3.66. The first kappa shape index (κ1) is 18.6. The first-order chi connectivity index (χ1) is 11.8. The highest BCUT2D eigenvalue weighted by Gasteiger charge is 2.15. The number of ether oxygens (including phenoxy) is 1. The van der Waals surface area contributed by atoms with Gasteiger partial charge >= 0.3 is 6.09 Å². The molecule has 7 nitrogen and oxygen atoms in total. The molecule has 0 aliphatic rings. The van der Waals surface area contributed by atoms with Gasteiger partial charge in [0.25, 0.3) is 0 Å². The number of imidazole rings is 1. The fraction of sp³-hybridized carbons (Fsp3) is 0.412. The molecule has 0 saturated carbocycles. The fourth-order valence-corrected chi connectivity index (χ4v) is 1.94. The molecule has 0 spiro atoms. The third-order valence-electron chi connectivity index (χ3n) is 3.02. The average molecular weight is 347 g/mol. The summed E-state index contributed by atoms with van der Waals surface area (Å²) in [7, 11) is 0. The van der Waals surface area contributed by atoms with E-state index in [9.17, 15) is 9.18 Å². The summed E-state index contributed by atoms with van der Waals surface area (Å²) in [5, 5.41) is 10.8. The lowest BCUT2D eigenvalue weighted by Crippen LogP contribution is -2.33. The van der Waals surface area contributed by atoms with Crippen molar-refractivity contribution in [1.82, 2.24) is 14.9 Å². The van der Waals surface area contributed by atoms with E-state index in [4.69, 9.17) is 4.74 Å². The van der Waals surface area contributed by atoms with Crippen molar-refractivity contribution < 1.29 is 13.9 Å². The van der Waals surface area contributed by atoms with Crippen molar-refractivity contribution >= 4 is 17.7 Å². The zero-order chi connectivity index (χ0) is 18.3. The number of aromatic nitrogens is 2. The van der Waals surface area contributed by atoms with Gasteiger partial charge < -0.3 is 14.6 Å². The predicted molar refractivity (Wildman–Crippen MR) is 91.7 cm³/mol. The van der Waals surface area contributed by atoms with Gasteiger partial charge in [0, 0.05) is 25.5 Å². The molecular weight excluding hydrogens is 325 g/mol. The Bertz CT molecular complexity index is 719. The lowest BCUT2D eigenvalue weighted by atomic mass is 10.2. The normalized spacial score (nSPS) is 11.7. The third-order valence-corrected chi connectivity index (χ3v) is 3.02. The number of halogens is 1. The van der Waals surface area contributed by atoms with Crippen molar-refractivity contribution in [3.05, 3.63) is 42.5 Å². The third kappa shape index (κ3) is 6.70. The number of benzene rings is 1. The van der Waals surface area contributed by atoms with Crippen molar-refractivity contribution in [2.45, 2.75) is 39.3 Å². The van der Waals surface area contributed by atoms with Crippen molar-refractivity contribution in [2.24, 2.45) is 10.2 Å². The van der Waals surface area contributed by atoms with E-state index in [2.05, 4.69) is 20.5 Å². The van der Waals surface area contributed by atoms with E-state index in [1.165, 1.54) is 24.3 Å². The number of alkyl carbamates (subject to hydrolysis) is 1. The van der Waals surface area contributed by atoms with E-state index in [1.54, 1.807) is 12.4 Å². The van der Waals surface area contributed by atoms with E-state index in [-0.39, 0.29) is 5.82 Å². The standard InChI is InChI=1S/C17H22FN5O2/c1-17(2,3)25-16(24)20-9-4-11-23-12-10-19-15(23)22-21-14-7-5-13(18)6-8-14/h5-8,10,12H,4,9,11H2,1-3H3,(H,20,24)/b22-21+. The van der Waals surface area contributed by atoms with Crippen molar-refractivity contribution in [1.29, 1.82) is 0 Å². The number of nitrogens with zero attached hydrogens (tertiary/aromatic N) is 4. The van der Waals surface area contributed by atoms with Crippen LogP contribution in [0, 0.1) is 5.82 Å². The zero-order valence-corrected chi connectivity index (χ0v) is 14.6. The van der Waals surface area contributed by atoms with Gasteiger partial charge in [0.05, 0.1) is 5.69 Å². The molecule has 0 aliphatic carbocycles. The molecule has 0 radical (unpaired) electrons. The molecular formula is C17H22FN5O2. The molecule has 2 aromatic rings. The van der Waals surface area contributed by atoms with Crippen LogP contribution >= 0.6 is 0 Å². The Morgan fingerprint density at radius 2 is 2.00 bits per heavy atom. The number of azo groups is 1. The van der Waals surface area contributed by atoms with Crippen LogP contribution in [0.5, 0.6) is 0 Å². The van der Waals surface area contributed by atoms with Crippen LogP contribution in [0.2, 0.25) is 0 Å². The summed E-state index contributed by atoms with van der Waals surface area (Å²) in [5.41, 5.74) is 0.0325. The summed E-state index contributed by atoms with van der Waals surface area (Å²) in [4.78, 5) is 15.7. The SMILES string of the molecule is CC(C)(C)OC(=O)NCCCn1ccnc1/N=N/c1ccc(F)cc1. The maximum Gasteiger partial charge on any atom is 0.407 e. The molecule has 1 amide bonds. The minimum atomic E-state index is -0.512. The Labute approximate surface area is 145 Å². The van der Waals surface area contributed by atoms with Crippen LogP contribution in [0.25, 0.3) is 0 Å². The van der Waals surface area contributed by atoms with Crippen LogP contribution in [0.15, 0.2) is 46.9 Å². The van der Waals surface area contributed by atoms with Crippen molar-refractivity contribution in [3.8, 4) is 0 Å². The van der Waals surface area contributed by atoms with Crippen LogP contribution in [0.3, 0.4) is 0 Å². The molecule has 2 rings (SSSR count). The zero-order valence-electron chi connectivity index (χ0n) is 14.6. The van der Waals surface area contributed by atoms with E-state index in [1.807, 2.05) is 25.3 Å². The van der Waals surface area contributed by atoms with Crippen LogP contribution in [0.4, 0.5) is 20.8 Å². The summed E-state index contributed by atoms with van der Waals surface area (Å²) in [5.74, 6) is 0.125. The number of amides is 1. The number of aryl methyl sites for hydroxylation is 1. The van der Waals surface area contributed by atoms with Crippen LogP contribution in [0.1, 0.15) is 27.2 Å². The van der Waals surface area contributed by atoms with Gasteiger partial charge in [-0.2, -0.15) is 0 Å². The van der Waals surface area contributed by atoms with Gasteiger partial charge in [-0.1, -0.05) is 0 Å². The highest BCUT2D eigenvalue weighted by Crippen LogP contribution is 2.17. The highest BCUT2D eigenvalue weighted by molar-refractivity contribution is 5.67. The topological polar surface area (TPSA) is 80.9 Å². The van der Waals surface area contributed by atoms with Crippen LogP contribution < -0.4 is 5.32 Å².